The molecule has 2 N–H and O–H groups in total. The van der Waals surface area contributed by atoms with Crippen LogP contribution in [0, 0.1) is 0 Å². The summed E-state index contributed by atoms with van der Waals surface area (Å²) >= 11 is 1.19. The van der Waals surface area contributed by atoms with Crippen LogP contribution in [-0.4, -0.2) is 25.9 Å². The van der Waals surface area contributed by atoms with Crippen LogP contribution >= 0.6 is 11.3 Å². The van der Waals surface area contributed by atoms with E-state index in [1.54, 1.807) is 29.6 Å². The van der Waals surface area contributed by atoms with Crippen molar-refractivity contribution in [3.63, 3.8) is 0 Å². The monoisotopic (exact) mass is 403 g/mol. The highest BCUT2D eigenvalue weighted by molar-refractivity contribution is 7.93. The number of carbonyl (C=O) groups is 1. The largest absolute Gasteiger partial charge is 0.494 e. The minimum atomic E-state index is -3.72. The van der Waals surface area contributed by atoms with E-state index in [1.807, 2.05) is 6.92 Å². The molecule has 0 aliphatic carbocycles. The maximum atomic E-state index is 12.4. The van der Waals surface area contributed by atoms with Crippen molar-refractivity contribution in [1.29, 1.82) is 0 Å². The van der Waals surface area contributed by atoms with Crippen molar-refractivity contribution in [2.75, 3.05) is 16.6 Å². The number of hydrogen-bond acceptors (Lipinski definition) is 6. The van der Waals surface area contributed by atoms with Gasteiger partial charge in [0.05, 0.1) is 11.5 Å². The predicted octanol–water partition coefficient (Wildman–Crippen LogP) is 3.59. The molecular formula is C18H17N3O4S2. The molecule has 0 bridgehead atoms. The Morgan fingerprint density at radius 1 is 1.19 bits per heavy atom. The summed E-state index contributed by atoms with van der Waals surface area (Å²) in [6, 6.07) is 12.7. The number of rotatable bonds is 7. The SMILES string of the molecule is CCOc1cccc(C(=O)Nc2ccc(S(=O)(=O)Nc3nccs3)cc2)c1. The lowest BCUT2D eigenvalue weighted by molar-refractivity contribution is 0.102. The van der Waals surface area contributed by atoms with Gasteiger partial charge in [0.2, 0.25) is 0 Å². The minimum absolute atomic E-state index is 0.0778. The highest BCUT2D eigenvalue weighted by Crippen LogP contribution is 2.20. The van der Waals surface area contributed by atoms with Crippen molar-refractivity contribution in [3.05, 3.63) is 65.7 Å². The van der Waals surface area contributed by atoms with Crippen molar-refractivity contribution in [2.45, 2.75) is 11.8 Å². The van der Waals surface area contributed by atoms with Crippen LogP contribution in [0.2, 0.25) is 0 Å². The first-order valence-electron chi connectivity index (χ1n) is 8.04. The van der Waals surface area contributed by atoms with Crippen LogP contribution in [0.1, 0.15) is 17.3 Å². The summed E-state index contributed by atoms with van der Waals surface area (Å²) in [6.07, 6.45) is 1.52. The Morgan fingerprint density at radius 3 is 2.63 bits per heavy atom. The molecule has 0 unspecified atom stereocenters. The van der Waals surface area contributed by atoms with E-state index in [0.717, 1.165) is 0 Å². The second-order valence-corrected chi connectivity index (χ2v) is 7.96. The highest BCUT2D eigenvalue weighted by Gasteiger charge is 2.15. The number of hydrogen-bond donors (Lipinski definition) is 2. The first-order chi connectivity index (χ1) is 13.0. The fourth-order valence-corrected chi connectivity index (χ4v) is 4.05. The minimum Gasteiger partial charge on any atom is -0.494 e. The Hall–Kier alpha value is -2.91. The van der Waals surface area contributed by atoms with Crippen molar-refractivity contribution in [3.8, 4) is 5.75 Å². The van der Waals surface area contributed by atoms with Gasteiger partial charge in [-0.2, -0.15) is 0 Å². The van der Waals surface area contributed by atoms with Gasteiger partial charge < -0.3 is 10.1 Å². The Labute approximate surface area is 161 Å². The maximum Gasteiger partial charge on any atom is 0.263 e. The summed E-state index contributed by atoms with van der Waals surface area (Å²) in [5.41, 5.74) is 0.929. The van der Waals surface area contributed by atoms with Gasteiger partial charge in [0.25, 0.3) is 15.9 Å². The van der Waals surface area contributed by atoms with Crippen LogP contribution in [0.15, 0.2) is 65.0 Å². The molecule has 7 nitrogen and oxygen atoms in total. The van der Waals surface area contributed by atoms with Crippen molar-refractivity contribution in [2.24, 2.45) is 0 Å². The molecule has 0 saturated heterocycles. The summed E-state index contributed by atoms with van der Waals surface area (Å²) < 4.78 is 32.4. The summed E-state index contributed by atoms with van der Waals surface area (Å²) in [7, 11) is -3.72. The predicted molar refractivity (Wildman–Crippen MR) is 105 cm³/mol. The molecular weight excluding hydrogens is 386 g/mol. The average Bonchev–Trinajstić information content (AvgIpc) is 3.15. The Bertz CT molecular complexity index is 1020. The normalized spacial score (nSPS) is 11.0. The van der Waals surface area contributed by atoms with E-state index >= 15 is 0 Å². The molecule has 0 radical (unpaired) electrons. The average molecular weight is 403 g/mol. The third kappa shape index (κ3) is 4.83. The van der Waals surface area contributed by atoms with Crippen LogP contribution in [0.25, 0.3) is 0 Å². The van der Waals surface area contributed by atoms with Gasteiger partial charge in [-0.25, -0.2) is 13.4 Å². The zero-order valence-corrected chi connectivity index (χ0v) is 16.0. The number of anilines is 2. The van der Waals surface area contributed by atoms with Gasteiger partial charge in [-0.1, -0.05) is 6.07 Å². The molecule has 140 valence electrons. The van der Waals surface area contributed by atoms with Gasteiger partial charge in [-0.05, 0) is 49.4 Å². The molecule has 1 amide bonds. The molecule has 3 aromatic rings. The summed E-state index contributed by atoms with van der Waals surface area (Å²) in [5, 5.41) is 4.70. The third-order valence-electron chi connectivity index (χ3n) is 3.48. The van der Waals surface area contributed by atoms with Crippen molar-refractivity contribution >= 4 is 38.1 Å². The van der Waals surface area contributed by atoms with Crippen molar-refractivity contribution in [1.82, 2.24) is 4.98 Å². The van der Waals surface area contributed by atoms with E-state index in [1.165, 1.54) is 41.8 Å². The van der Waals surface area contributed by atoms with E-state index in [2.05, 4.69) is 15.0 Å². The fraction of sp³-hybridized carbons (Fsp3) is 0.111. The Kier molecular flexibility index (Phi) is 5.72. The number of nitrogens with one attached hydrogen (secondary N) is 2. The quantitative estimate of drug-likeness (QED) is 0.628. The molecule has 0 spiro atoms. The van der Waals surface area contributed by atoms with E-state index < -0.39 is 10.0 Å². The number of sulfonamides is 1. The first-order valence-corrected chi connectivity index (χ1v) is 10.4. The van der Waals surface area contributed by atoms with Crippen LogP contribution in [0.4, 0.5) is 10.8 Å². The standard InChI is InChI=1S/C18H17N3O4S2/c1-2-25-15-5-3-4-13(12-15)17(22)20-14-6-8-16(9-7-14)27(23,24)21-18-19-10-11-26-18/h3-12H,2H2,1H3,(H,19,21)(H,20,22). The number of ether oxygens (including phenoxy) is 1. The highest BCUT2D eigenvalue weighted by atomic mass is 32.2. The second-order valence-electron chi connectivity index (χ2n) is 5.38. The smallest absolute Gasteiger partial charge is 0.263 e. The van der Waals surface area contributed by atoms with Gasteiger partial charge in [0, 0.05) is 22.8 Å². The van der Waals surface area contributed by atoms with Gasteiger partial charge in [-0.15, -0.1) is 11.3 Å². The molecule has 1 heterocycles. The Morgan fingerprint density at radius 2 is 1.96 bits per heavy atom. The molecule has 0 aliphatic rings. The number of thiazole rings is 1. The lowest BCUT2D eigenvalue weighted by Crippen LogP contribution is -2.14. The van der Waals surface area contributed by atoms with Gasteiger partial charge in [0.1, 0.15) is 5.75 Å². The van der Waals surface area contributed by atoms with E-state index in [0.29, 0.717) is 28.7 Å². The van der Waals surface area contributed by atoms with E-state index in [9.17, 15) is 13.2 Å². The maximum absolute atomic E-state index is 12.4. The second kappa shape index (κ2) is 8.19. The zero-order chi connectivity index (χ0) is 19.3. The van der Waals surface area contributed by atoms with Crippen LogP contribution in [0.3, 0.4) is 0 Å². The van der Waals surface area contributed by atoms with E-state index in [4.69, 9.17) is 4.74 Å². The summed E-state index contributed by atoms with van der Waals surface area (Å²) in [5.74, 6) is 0.299. The number of aromatic nitrogens is 1. The fourth-order valence-electron chi connectivity index (χ4n) is 2.26. The van der Waals surface area contributed by atoms with Crippen molar-refractivity contribution < 1.29 is 17.9 Å². The van der Waals surface area contributed by atoms with Gasteiger partial charge in [-0.3, -0.25) is 9.52 Å². The number of benzene rings is 2. The molecule has 9 heteroatoms. The van der Waals surface area contributed by atoms with Crippen LogP contribution in [0.5, 0.6) is 5.75 Å². The lowest BCUT2D eigenvalue weighted by Gasteiger charge is -2.09. The molecule has 3 rings (SSSR count). The number of carbonyl (C=O) groups excluding carboxylic acids is 1. The molecule has 0 aliphatic heterocycles. The summed E-state index contributed by atoms with van der Waals surface area (Å²) in [4.78, 5) is 16.3. The Balaban J connectivity index is 1.70. The third-order valence-corrected chi connectivity index (χ3v) is 5.66. The molecule has 2 aromatic carbocycles. The number of nitrogens with zero attached hydrogens (tertiary/aromatic N) is 1. The molecule has 0 atom stereocenters. The summed E-state index contributed by atoms with van der Waals surface area (Å²) in [6.45, 7) is 2.38. The zero-order valence-electron chi connectivity index (χ0n) is 14.4. The van der Waals surface area contributed by atoms with Crippen LogP contribution < -0.4 is 14.8 Å². The molecule has 27 heavy (non-hydrogen) atoms. The van der Waals surface area contributed by atoms with Crippen LogP contribution in [-0.2, 0) is 10.0 Å². The number of amides is 1. The topological polar surface area (TPSA) is 97.4 Å². The van der Waals surface area contributed by atoms with E-state index in [-0.39, 0.29) is 10.8 Å². The molecule has 0 fully saturated rings. The first kappa shape index (κ1) is 18.9. The lowest BCUT2D eigenvalue weighted by atomic mass is 10.2. The van der Waals surface area contributed by atoms with Gasteiger partial charge in [0.15, 0.2) is 5.13 Å². The molecule has 0 saturated carbocycles. The van der Waals surface area contributed by atoms with Gasteiger partial charge >= 0.3 is 0 Å². The molecule has 1 aromatic heterocycles.